The molecule has 0 saturated carbocycles. The van der Waals surface area contributed by atoms with Crippen LogP contribution in [0.5, 0.6) is 5.75 Å². The highest BCUT2D eigenvalue weighted by Crippen LogP contribution is 2.16. The van der Waals surface area contributed by atoms with Crippen LogP contribution in [0.2, 0.25) is 0 Å². The highest BCUT2D eigenvalue weighted by Gasteiger charge is 2.10. The normalized spacial score (nSPS) is 10.7. The first-order valence-corrected chi connectivity index (χ1v) is 10.2. The summed E-state index contributed by atoms with van der Waals surface area (Å²) < 4.78 is 28.4. The number of amides is 1. The quantitative estimate of drug-likeness (QED) is 0.531. The van der Waals surface area contributed by atoms with Crippen LogP contribution in [0.4, 0.5) is 5.69 Å². The molecule has 1 amide bonds. The highest BCUT2D eigenvalue weighted by molar-refractivity contribution is 7.90. The molecule has 0 heterocycles. The van der Waals surface area contributed by atoms with E-state index in [0.717, 1.165) is 5.56 Å². The van der Waals surface area contributed by atoms with Gasteiger partial charge in [-0.15, -0.1) is 12.4 Å². The molecule has 2 aromatic rings. The van der Waals surface area contributed by atoms with Gasteiger partial charge in [0.2, 0.25) is 5.91 Å². The zero-order valence-electron chi connectivity index (χ0n) is 15.4. The summed E-state index contributed by atoms with van der Waals surface area (Å²) in [6.45, 7) is 1.02. The molecule has 0 aliphatic carbocycles. The molecular weight excluding hydrogens is 388 g/mol. The lowest BCUT2D eigenvalue weighted by atomic mass is 10.1. The van der Waals surface area contributed by atoms with Crippen LogP contribution in [-0.2, 0) is 21.1 Å². The Bertz CT molecular complexity index is 837. The third-order valence-electron chi connectivity index (χ3n) is 3.92. The van der Waals surface area contributed by atoms with Crippen molar-refractivity contribution in [1.82, 2.24) is 4.90 Å². The molecule has 2 rings (SSSR count). The van der Waals surface area contributed by atoms with Gasteiger partial charge in [-0.3, -0.25) is 4.79 Å². The van der Waals surface area contributed by atoms with Crippen LogP contribution in [0.1, 0.15) is 12.0 Å². The first-order valence-electron chi connectivity index (χ1n) is 8.27. The van der Waals surface area contributed by atoms with Gasteiger partial charge in [-0.25, -0.2) is 8.42 Å². The van der Waals surface area contributed by atoms with Gasteiger partial charge in [-0.05, 0) is 48.4 Å². The number of nitrogens with two attached hydrogens (primary N) is 1. The summed E-state index contributed by atoms with van der Waals surface area (Å²) in [7, 11) is -1.44. The first kappa shape index (κ1) is 22.8. The van der Waals surface area contributed by atoms with Gasteiger partial charge in [0.25, 0.3) is 0 Å². The minimum atomic E-state index is -3.20. The topological polar surface area (TPSA) is 89.7 Å². The van der Waals surface area contributed by atoms with Gasteiger partial charge in [-0.1, -0.05) is 12.1 Å². The SMILES string of the molecule is CN(CCCOc1ccc(S(C)(=O)=O)cc1)C(=O)Cc1ccc(N)cc1.Cl. The molecule has 6 nitrogen and oxygen atoms in total. The number of nitrogens with zero attached hydrogens (tertiary/aromatic N) is 1. The fourth-order valence-electron chi connectivity index (χ4n) is 2.34. The van der Waals surface area contributed by atoms with Crippen LogP contribution in [-0.4, -0.2) is 45.7 Å². The Balaban J connectivity index is 0.00000364. The second kappa shape index (κ2) is 10.2. The fraction of sp³-hybridized carbons (Fsp3) is 0.316. The van der Waals surface area contributed by atoms with Gasteiger partial charge >= 0.3 is 0 Å². The van der Waals surface area contributed by atoms with Crippen molar-refractivity contribution in [3.05, 3.63) is 54.1 Å². The Labute approximate surface area is 166 Å². The van der Waals surface area contributed by atoms with Crippen LogP contribution in [0.25, 0.3) is 0 Å². The molecule has 0 fully saturated rings. The molecule has 2 N–H and O–H groups in total. The van der Waals surface area contributed by atoms with Crippen molar-refractivity contribution >= 4 is 33.8 Å². The number of hydrogen-bond acceptors (Lipinski definition) is 5. The summed E-state index contributed by atoms with van der Waals surface area (Å²) in [6.07, 6.45) is 2.18. The van der Waals surface area contributed by atoms with Crippen LogP contribution in [0.15, 0.2) is 53.4 Å². The Morgan fingerprint density at radius 1 is 1.07 bits per heavy atom. The maximum atomic E-state index is 12.2. The molecule has 148 valence electrons. The van der Waals surface area contributed by atoms with E-state index in [4.69, 9.17) is 10.5 Å². The Morgan fingerprint density at radius 3 is 2.22 bits per heavy atom. The van der Waals surface area contributed by atoms with E-state index in [1.807, 2.05) is 12.1 Å². The van der Waals surface area contributed by atoms with Gasteiger partial charge < -0.3 is 15.4 Å². The van der Waals surface area contributed by atoms with Crippen molar-refractivity contribution in [3.8, 4) is 5.75 Å². The number of rotatable bonds is 8. The van der Waals surface area contributed by atoms with Gasteiger partial charge in [-0.2, -0.15) is 0 Å². The molecule has 8 heteroatoms. The number of anilines is 1. The van der Waals surface area contributed by atoms with E-state index in [0.29, 0.717) is 37.4 Å². The summed E-state index contributed by atoms with van der Waals surface area (Å²) in [5, 5.41) is 0. The Hall–Kier alpha value is -2.25. The van der Waals surface area contributed by atoms with Crippen molar-refractivity contribution < 1.29 is 17.9 Å². The summed E-state index contributed by atoms with van der Waals surface area (Å²) in [6, 6.07) is 13.6. The summed E-state index contributed by atoms with van der Waals surface area (Å²) >= 11 is 0. The molecule has 0 spiro atoms. The van der Waals surface area contributed by atoms with E-state index in [1.165, 1.54) is 18.4 Å². The number of benzene rings is 2. The standard InChI is InChI=1S/C19H24N2O4S.ClH/c1-21(19(22)14-15-4-6-16(20)7-5-15)12-3-13-25-17-8-10-18(11-9-17)26(2,23)24;/h4-11H,3,12-14,20H2,1-2H3;1H. The van der Waals surface area contributed by atoms with E-state index < -0.39 is 9.84 Å². The van der Waals surface area contributed by atoms with Crippen LogP contribution >= 0.6 is 12.4 Å². The molecule has 27 heavy (non-hydrogen) atoms. The third-order valence-corrected chi connectivity index (χ3v) is 5.05. The van der Waals surface area contributed by atoms with Crippen molar-refractivity contribution in [3.63, 3.8) is 0 Å². The van der Waals surface area contributed by atoms with E-state index in [1.54, 1.807) is 36.2 Å². The number of halogens is 1. The van der Waals surface area contributed by atoms with Crippen molar-refractivity contribution in [2.45, 2.75) is 17.7 Å². The van der Waals surface area contributed by atoms with Crippen LogP contribution in [0, 0.1) is 0 Å². The molecule has 0 aliphatic rings. The Morgan fingerprint density at radius 2 is 1.67 bits per heavy atom. The molecule has 2 aromatic carbocycles. The molecule has 0 aromatic heterocycles. The third kappa shape index (κ3) is 7.48. The number of sulfone groups is 1. The monoisotopic (exact) mass is 412 g/mol. The largest absolute Gasteiger partial charge is 0.494 e. The van der Waals surface area contributed by atoms with Gasteiger partial charge in [0, 0.05) is 25.5 Å². The van der Waals surface area contributed by atoms with Crippen molar-refractivity contribution in [2.24, 2.45) is 0 Å². The highest BCUT2D eigenvalue weighted by atomic mass is 35.5. The molecule has 0 aliphatic heterocycles. The zero-order valence-corrected chi connectivity index (χ0v) is 17.1. The van der Waals surface area contributed by atoms with Gasteiger partial charge in [0.15, 0.2) is 9.84 Å². The van der Waals surface area contributed by atoms with E-state index in [9.17, 15) is 13.2 Å². The van der Waals surface area contributed by atoms with E-state index in [2.05, 4.69) is 0 Å². The predicted molar refractivity (Wildman–Crippen MR) is 109 cm³/mol. The molecule has 0 saturated heterocycles. The van der Waals surface area contributed by atoms with Crippen molar-refractivity contribution in [2.75, 3.05) is 32.2 Å². The summed E-state index contributed by atoms with van der Waals surface area (Å²) in [5.74, 6) is 0.639. The second-order valence-corrected chi connectivity index (χ2v) is 8.19. The number of ether oxygens (including phenoxy) is 1. The number of likely N-dealkylation sites (N-methyl/N-ethyl adjacent to an activating group) is 1. The lowest BCUT2D eigenvalue weighted by molar-refractivity contribution is -0.129. The molecule has 0 bridgehead atoms. The maximum Gasteiger partial charge on any atom is 0.226 e. The average Bonchev–Trinajstić information content (AvgIpc) is 2.60. The number of hydrogen-bond donors (Lipinski definition) is 1. The minimum absolute atomic E-state index is 0. The van der Waals surface area contributed by atoms with E-state index in [-0.39, 0.29) is 23.2 Å². The number of carbonyl (C=O) groups is 1. The number of carbonyl (C=O) groups excluding carboxylic acids is 1. The summed E-state index contributed by atoms with van der Waals surface area (Å²) in [4.78, 5) is 14.1. The Kier molecular flexibility index (Phi) is 8.59. The van der Waals surface area contributed by atoms with Crippen LogP contribution < -0.4 is 10.5 Å². The molecule has 0 unspecified atom stereocenters. The molecular formula is C19H25ClN2O4S. The lowest BCUT2D eigenvalue weighted by Gasteiger charge is -2.17. The van der Waals surface area contributed by atoms with Gasteiger partial charge in [0.05, 0.1) is 17.9 Å². The molecule has 0 atom stereocenters. The average molecular weight is 413 g/mol. The van der Waals surface area contributed by atoms with Gasteiger partial charge in [0.1, 0.15) is 5.75 Å². The lowest BCUT2D eigenvalue weighted by Crippen LogP contribution is -2.30. The minimum Gasteiger partial charge on any atom is -0.494 e. The van der Waals surface area contributed by atoms with Crippen LogP contribution in [0.3, 0.4) is 0 Å². The zero-order chi connectivity index (χ0) is 19.2. The summed E-state index contributed by atoms with van der Waals surface area (Å²) in [5.41, 5.74) is 7.24. The molecule has 0 radical (unpaired) electrons. The smallest absolute Gasteiger partial charge is 0.226 e. The van der Waals surface area contributed by atoms with E-state index >= 15 is 0 Å². The maximum absolute atomic E-state index is 12.2. The first-order chi connectivity index (χ1) is 12.3. The second-order valence-electron chi connectivity index (χ2n) is 6.18. The predicted octanol–water partition coefficient (Wildman–Crippen LogP) is 2.56. The number of nitrogen functional groups attached to an aromatic ring is 1. The fourth-order valence-corrected chi connectivity index (χ4v) is 2.98. The van der Waals surface area contributed by atoms with Crippen molar-refractivity contribution in [1.29, 1.82) is 0 Å².